The van der Waals surface area contributed by atoms with Gasteiger partial charge in [0.2, 0.25) is 10.0 Å². The van der Waals surface area contributed by atoms with E-state index in [2.05, 4.69) is 16.5 Å². The number of nitrogens with zero attached hydrogens (tertiary/aromatic N) is 1. The first-order chi connectivity index (χ1) is 9.85. The molecule has 0 bridgehead atoms. The number of sulfonamides is 1. The van der Waals surface area contributed by atoms with Gasteiger partial charge in [0.1, 0.15) is 4.90 Å². The molecule has 0 radical (unpaired) electrons. The van der Waals surface area contributed by atoms with Gasteiger partial charge in [-0.15, -0.1) is 0 Å². The molecule has 0 aromatic heterocycles. The highest BCUT2D eigenvalue weighted by molar-refractivity contribution is 7.89. The number of halogens is 2. The van der Waals surface area contributed by atoms with Crippen LogP contribution in [0.2, 0.25) is 10.0 Å². The molecule has 21 heavy (non-hydrogen) atoms. The number of hydrogen-bond acceptors (Lipinski definition) is 4. The van der Waals surface area contributed by atoms with Gasteiger partial charge in [-0.05, 0) is 38.1 Å². The van der Waals surface area contributed by atoms with Gasteiger partial charge in [-0.1, -0.05) is 30.1 Å². The van der Waals surface area contributed by atoms with Crippen molar-refractivity contribution in [1.29, 1.82) is 0 Å². The minimum absolute atomic E-state index is 0.0336. The second-order valence-corrected chi connectivity index (χ2v) is 7.61. The molecule has 0 amide bonds. The standard InChI is InChI=1S/C13H19Cl2N3O2S/c1-2-18-5-3-4-10(18)8-17-21(19,20)13-11(14)6-9(16)7-12(13)15/h6-7,10,17H,2-5,8,16H2,1H3. The molecule has 0 spiro atoms. The molecule has 5 nitrogen and oxygen atoms in total. The van der Waals surface area contributed by atoms with E-state index in [9.17, 15) is 8.42 Å². The van der Waals surface area contributed by atoms with Gasteiger partial charge >= 0.3 is 0 Å². The summed E-state index contributed by atoms with van der Waals surface area (Å²) in [7, 11) is -3.75. The Bertz CT molecular complexity index is 599. The summed E-state index contributed by atoms with van der Waals surface area (Å²) in [5, 5.41) is 0.0672. The van der Waals surface area contributed by atoms with Crippen molar-refractivity contribution in [3.05, 3.63) is 22.2 Å². The summed E-state index contributed by atoms with van der Waals surface area (Å²) in [6.07, 6.45) is 2.07. The number of nitrogen functional groups attached to an aromatic ring is 1. The fourth-order valence-electron chi connectivity index (χ4n) is 2.66. The Labute approximate surface area is 135 Å². The molecule has 1 atom stereocenters. The molecular formula is C13H19Cl2N3O2S. The van der Waals surface area contributed by atoms with Crippen LogP contribution in [0.3, 0.4) is 0 Å². The lowest BCUT2D eigenvalue weighted by atomic mass is 10.2. The molecule has 8 heteroatoms. The minimum atomic E-state index is -3.75. The van der Waals surface area contributed by atoms with E-state index in [-0.39, 0.29) is 21.0 Å². The van der Waals surface area contributed by atoms with Gasteiger partial charge in [-0.3, -0.25) is 4.90 Å². The molecule has 2 rings (SSSR count). The fourth-order valence-corrected chi connectivity index (χ4v) is 4.96. The average molecular weight is 352 g/mol. The van der Waals surface area contributed by atoms with Gasteiger partial charge in [-0.2, -0.15) is 0 Å². The molecule has 1 unspecified atom stereocenters. The SMILES string of the molecule is CCN1CCCC1CNS(=O)(=O)c1c(Cl)cc(N)cc1Cl. The first-order valence-electron chi connectivity index (χ1n) is 6.83. The Kier molecular flexibility index (Phi) is 5.38. The molecule has 1 aliphatic rings. The van der Waals surface area contributed by atoms with Crippen LogP contribution in [0.25, 0.3) is 0 Å². The molecule has 1 aliphatic heterocycles. The Morgan fingerprint density at radius 3 is 2.57 bits per heavy atom. The quantitative estimate of drug-likeness (QED) is 0.798. The highest BCUT2D eigenvalue weighted by atomic mass is 35.5. The predicted octanol–water partition coefficient (Wildman–Crippen LogP) is 2.34. The van der Waals surface area contributed by atoms with E-state index in [1.165, 1.54) is 12.1 Å². The maximum Gasteiger partial charge on any atom is 0.243 e. The van der Waals surface area contributed by atoms with Crippen molar-refractivity contribution in [3.8, 4) is 0 Å². The Morgan fingerprint density at radius 2 is 2.00 bits per heavy atom. The monoisotopic (exact) mass is 351 g/mol. The Balaban J connectivity index is 2.16. The number of benzene rings is 1. The summed E-state index contributed by atoms with van der Waals surface area (Å²) in [5.74, 6) is 0. The highest BCUT2D eigenvalue weighted by Gasteiger charge is 2.27. The smallest absolute Gasteiger partial charge is 0.243 e. The molecule has 118 valence electrons. The summed E-state index contributed by atoms with van der Waals surface area (Å²) in [6.45, 7) is 4.34. The maximum atomic E-state index is 12.4. The van der Waals surface area contributed by atoms with Crippen LogP contribution >= 0.6 is 23.2 Å². The van der Waals surface area contributed by atoms with E-state index >= 15 is 0 Å². The molecule has 3 N–H and O–H groups in total. The van der Waals surface area contributed by atoms with Crippen LogP contribution in [-0.4, -0.2) is 39.0 Å². The normalized spacial score (nSPS) is 20.0. The third-order valence-corrected chi connectivity index (χ3v) is 6.05. The zero-order valence-corrected chi connectivity index (χ0v) is 14.1. The van der Waals surface area contributed by atoms with Crippen LogP contribution in [-0.2, 0) is 10.0 Å². The topological polar surface area (TPSA) is 75.4 Å². The largest absolute Gasteiger partial charge is 0.399 e. The molecule has 1 aromatic rings. The summed E-state index contributed by atoms with van der Waals surface area (Å²) >= 11 is 12.0. The second kappa shape index (κ2) is 6.71. The molecule has 1 heterocycles. The van der Waals surface area contributed by atoms with Crippen molar-refractivity contribution in [3.63, 3.8) is 0 Å². The lowest BCUT2D eigenvalue weighted by molar-refractivity contribution is 0.268. The molecule has 1 fully saturated rings. The van der Waals surface area contributed by atoms with Crippen molar-refractivity contribution in [2.45, 2.75) is 30.7 Å². The van der Waals surface area contributed by atoms with Gasteiger partial charge in [0, 0.05) is 18.3 Å². The number of likely N-dealkylation sites (N-methyl/N-ethyl adjacent to an activating group) is 1. The van der Waals surface area contributed by atoms with Crippen LogP contribution in [0.1, 0.15) is 19.8 Å². The van der Waals surface area contributed by atoms with E-state index in [1.807, 2.05) is 0 Å². The summed E-state index contributed by atoms with van der Waals surface area (Å²) in [4.78, 5) is 2.15. The first kappa shape index (κ1) is 16.8. The summed E-state index contributed by atoms with van der Waals surface area (Å²) in [5.41, 5.74) is 5.92. The molecular weight excluding hydrogens is 333 g/mol. The zero-order chi connectivity index (χ0) is 15.6. The Hall–Kier alpha value is -0.530. The van der Waals surface area contributed by atoms with E-state index < -0.39 is 10.0 Å². The second-order valence-electron chi connectivity index (χ2n) is 5.09. The van der Waals surface area contributed by atoms with Crippen LogP contribution in [0.5, 0.6) is 0 Å². The van der Waals surface area contributed by atoms with E-state index in [0.29, 0.717) is 12.2 Å². The number of nitrogens with one attached hydrogen (secondary N) is 1. The van der Waals surface area contributed by atoms with E-state index in [4.69, 9.17) is 28.9 Å². The third kappa shape index (κ3) is 3.81. The van der Waals surface area contributed by atoms with Crippen molar-refractivity contribution in [2.24, 2.45) is 0 Å². The number of anilines is 1. The number of rotatable bonds is 5. The number of nitrogens with two attached hydrogens (primary N) is 1. The molecule has 0 aliphatic carbocycles. The summed E-state index contributed by atoms with van der Waals surface area (Å²) < 4.78 is 27.4. The van der Waals surface area contributed by atoms with Crippen LogP contribution in [0, 0.1) is 0 Å². The Morgan fingerprint density at radius 1 is 1.38 bits per heavy atom. The predicted molar refractivity (Wildman–Crippen MR) is 86.3 cm³/mol. The van der Waals surface area contributed by atoms with Crippen LogP contribution in [0.15, 0.2) is 17.0 Å². The first-order valence-corrected chi connectivity index (χ1v) is 9.07. The maximum absolute atomic E-state index is 12.4. The zero-order valence-electron chi connectivity index (χ0n) is 11.8. The van der Waals surface area contributed by atoms with Gasteiger partial charge in [0.25, 0.3) is 0 Å². The lowest BCUT2D eigenvalue weighted by Gasteiger charge is -2.23. The number of hydrogen-bond donors (Lipinski definition) is 2. The van der Waals surface area contributed by atoms with Crippen molar-refractivity contribution in [2.75, 3.05) is 25.4 Å². The average Bonchev–Trinajstić information content (AvgIpc) is 2.82. The van der Waals surface area contributed by atoms with Crippen molar-refractivity contribution < 1.29 is 8.42 Å². The van der Waals surface area contributed by atoms with E-state index in [0.717, 1.165) is 25.9 Å². The third-order valence-electron chi connectivity index (χ3n) is 3.70. The molecule has 1 aromatic carbocycles. The number of likely N-dealkylation sites (tertiary alicyclic amines) is 1. The summed E-state index contributed by atoms with van der Waals surface area (Å²) in [6, 6.07) is 2.99. The minimum Gasteiger partial charge on any atom is -0.399 e. The van der Waals surface area contributed by atoms with Crippen LogP contribution in [0.4, 0.5) is 5.69 Å². The van der Waals surface area contributed by atoms with Gasteiger partial charge in [-0.25, -0.2) is 13.1 Å². The lowest BCUT2D eigenvalue weighted by Crippen LogP contribution is -2.40. The van der Waals surface area contributed by atoms with Gasteiger partial charge in [0.05, 0.1) is 10.0 Å². The fraction of sp³-hybridized carbons (Fsp3) is 0.538. The van der Waals surface area contributed by atoms with Crippen LogP contribution < -0.4 is 10.5 Å². The van der Waals surface area contributed by atoms with E-state index in [1.54, 1.807) is 0 Å². The van der Waals surface area contributed by atoms with Crippen molar-refractivity contribution in [1.82, 2.24) is 9.62 Å². The highest BCUT2D eigenvalue weighted by Crippen LogP contribution is 2.31. The van der Waals surface area contributed by atoms with Gasteiger partial charge < -0.3 is 5.73 Å². The van der Waals surface area contributed by atoms with Crippen molar-refractivity contribution >= 4 is 38.9 Å². The molecule has 1 saturated heterocycles. The molecule has 0 saturated carbocycles. The van der Waals surface area contributed by atoms with Gasteiger partial charge in [0.15, 0.2) is 0 Å².